The maximum atomic E-state index is 11.0. The summed E-state index contributed by atoms with van der Waals surface area (Å²) in [5.74, 6) is 0. The van der Waals surface area contributed by atoms with Gasteiger partial charge >= 0.3 is 0 Å². The zero-order chi connectivity index (χ0) is 8.55. The van der Waals surface area contributed by atoms with E-state index < -0.39 is 0 Å². The van der Waals surface area contributed by atoms with E-state index in [0.717, 1.165) is 16.2 Å². The van der Waals surface area contributed by atoms with Crippen molar-refractivity contribution in [1.29, 1.82) is 0 Å². The van der Waals surface area contributed by atoms with Crippen molar-refractivity contribution in [2.24, 2.45) is 0 Å². The molecule has 2 nitrogen and oxygen atoms in total. The highest BCUT2D eigenvalue weighted by molar-refractivity contribution is 7.28. The van der Waals surface area contributed by atoms with Gasteiger partial charge in [-0.15, -0.1) is 9.24 Å². The quantitative estimate of drug-likeness (QED) is 0.599. The molecular formula is C9H8NOP. The number of fused-ring (bicyclic) bond motifs is 1. The average Bonchev–Trinajstić information content (AvgIpc) is 2.04. The maximum Gasteiger partial charge on any atom is 0.249 e. The average molecular weight is 177 g/mol. The Bertz CT molecular complexity index is 475. The number of aromatic nitrogens is 1. The molecule has 0 amide bonds. The monoisotopic (exact) mass is 177 g/mol. The number of pyridine rings is 1. The molecule has 0 fully saturated rings. The van der Waals surface area contributed by atoms with Crippen LogP contribution in [0.4, 0.5) is 0 Å². The van der Waals surface area contributed by atoms with Crippen LogP contribution in [-0.2, 0) is 0 Å². The summed E-state index contributed by atoms with van der Waals surface area (Å²) in [6.45, 7) is 0. The van der Waals surface area contributed by atoms with Crippen molar-refractivity contribution in [3.8, 4) is 0 Å². The standard InChI is InChI=1S/C9H8NOP/c11-9-5-8(12)6-3-1-2-4-7(6)10-9/h1-5H,12H2,(H,10,11). The minimum absolute atomic E-state index is 0.0568. The summed E-state index contributed by atoms with van der Waals surface area (Å²) < 4.78 is 0. The van der Waals surface area contributed by atoms with Gasteiger partial charge in [-0.25, -0.2) is 0 Å². The van der Waals surface area contributed by atoms with Crippen molar-refractivity contribution in [3.63, 3.8) is 0 Å². The molecule has 0 aliphatic heterocycles. The van der Waals surface area contributed by atoms with E-state index in [1.165, 1.54) is 0 Å². The molecule has 1 atom stereocenters. The van der Waals surface area contributed by atoms with E-state index in [0.29, 0.717) is 0 Å². The van der Waals surface area contributed by atoms with Crippen LogP contribution in [0.3, 0.4) is 0 Å². The van der Waals surface area contributed by atoms with Gasteiger partial charge in [0.25, 0.3) is 0 Å². The Morgan fingerprint density at radius 2 is 2.00 bits per heavy atom. The predicted molar refractivity (Wildman–Crippen MR) is 53.9 cm³/mol. The first-order valence-electron chi connectivity index (χ1n) is 3.65. The maximum absolute atomic E-state index is 11.0. The van der Waals surface area contributed by atoms with Crippen molar-refractivity contribution in [1.82, 2.24) is 4.98 Å². The second-order valence-electron chi connectivity index (χ2n) is 2.63. The molecule has 0 bridgehead atoms. The summed E-state index contributed by atoms with van der Waals surface area (Å²) in [4.78, 5) is 13.8. The first-order valence-corrected chi connectivity index (χ1v) is 4.22. The molecule has 1 N–H and O–H groups in total. The first kappa shape index (κ1) is 7.51. The van der Waals surface area contributed by atoms with Crippen LogP contribution >= 0.6 is 9.24 Å². The number of hydrogen-bond acceptors (Lipinski definition) is 1. The fourth-order valence-electron chi connectivity index (χ4n) is 1.23. The Hall–Kier alpha value is -1.14. The lowest BCUT2D eigenvalue weighted by molar-refractivity contribution is 1.32. The second-order valence-corrected chi connectivity index (χ2v) is 3.26. The lowest BCUT2D eigenvalue weighted by atomic mass is 10.2. The van der Waals surface area contributed by atoms with Crippen molar-refractivity contribution in [3.05, 3.63) is 40.7 Å². The third-order valence-corrected chi connectivity index (χ3v) is 2.26. The van der Waals surface area contributed by atoms with Gasteiger partial charge in [0.05, 0.1) is 0 Å². The highest BCUT2D eigenvalue weighted by Gasteiger charge is 1.96. The van der Waals surface area contributed by atoms with Crippen LogP contribution in [-0.4, -0.2) is 4.98 Å². The summed E-state index contributed by atoms with van der Waals surface area (Å²) in [5.41, 5.74) is 0.828. The third kappa shape index (κ3) is 1.15. The molecule has 0 saturated carbocycles. The molecule has 0 spiro atoms. The summed E-state index contributed by atoms with van der Waals surface area (Å²) in [6, 6.07) is 9.31. The van der Waals surface area contributed by atoms with E-state index in [1.807, 2.05) is 24.3 Å². The van der Waals surface area contributed by atoms with Crippen molar-refractivity contribution in [2.45, 2.75) is 0 Å². The van der Waals surface area contributed by atoms with E-state index in [4.69, 9.17) is 0 Å². The molecule has 2 aromatic rings. The van der Waals surface area contributed by atoms with Gasteiger partial charge in [0.15, 0.2) is 0 Å². The van der Waals surface area contributed by atoms with Crippen LogP contribution < -0.4 is 10.9 Å². The van der Waals surface area contributed by atoms with Gasteiger partial charge < -0.3 is 4.98 Å². The number of hydrogen-bond donors (Lipinski definition) is 1. The minimum atomic E-state index is -0.0568. The Balaban J connectivity index is 2.99. The lowest BCUT2D eigenvalue weighted by Crippen LogP contribution is -2.10. The molecule has 1 aromatic heterocycles. The molecule has 1 heterocycles. The highest BCUT2D eigenvalue weighted by Crippen LogP contribution is 2.07. The molecule has 2 rings (SSSR count). The van der Waals surface area contributed by atoms with Gasteiger partial charge in [-0.3, -0.25) is 4.79 Å². The number of para-hydroxylation sites is 1. The minimum Gasteiger partial charge on any atom is -0.322 e. The smallest absolute Gasteiger partial charge is 0.249 e. The Morgan fingerprint density at radius 1 is 1.25 bits per heavy atom. The zero-order valence-corrected chi connectivity index (χ0v) is 7.53. The van der Waals surface area contributed by atoms with Crippen LogP contribution in [0.1, 0.15) is 0 Å². The Morgan fingerprint density at radius 3 is 2.83 bits per heavy atom. The number of rotatable bonds is 0. The van der Waals surface area contributed by atoms with E-state index in [-0.39, 0.29) is 5.56 Å². The number of H-pyrrole nitrogens is 1. The molecule has 0 saturated heterocycles. The largest absolute Gasteiger partial charge is 0.322 e. The highest BCUT2D eigenvalue weighted by atomic mass is 31.0. The third-order valence-electron chi connectivity index (χ3n) is 1.78. The number of benzene rings is 1. The summed E-state index contributed by atoms with van der Waals surface area (Å²) in [5, 5.41) is 2.01. The second kappa shape index (κ2) is 2.72. The van der Waals surface area contributed by atoms with Gasteiger partial charge in [0, 0.05) is 17.0 Å². The number of aromatic amines is 1. The molecule has 0 aliphatic rings. The van der Waals surface area contributed by atoms with Gasteiger partial charge in [-0.2, -0.15) is 0 Å². The van der Waals surface area contributed by atoms with Gasteiger partial charge in [-0.1, -0.05) is 18.2 Å². The molecule has 0 radical (unpaired) electrons. The summed E-state index contributed by atoms with van der Waals surface area (Å²) in [6.07, 6.45) is 0. The lowest BCUT2D eigenvalue weighted by Gasteiger charge is -1.98. The van der Waals surface area contributed by atoms with E-state index >= 15 is 0 Å². The van der Waals surface area contributed by atoms with E-state index in [9.17, 15) is 4.79 Å². The van der Waals surface area contributed by atoms with Gasteiger partial charge in [-0.05, 0) is 11.4 Å². The normalized spacial score (nSPS) is 10.4. The van der Waals surface area contributed by atoms with Crippen LogP contribution in [0, 0.1) is 0 Å². The van der Waals surface area contributed by atoms with E-state index in [2.05, 4.69) is 14.2 Å². The summed E-state index contributed by atoms with van der Waals surface area (Å²) >= 11 is 0. The van der Waals surface area contributed by atoms with Crippen LogP contribution in [0.2, 0.25) is 0 Å². The van der Waals surface area contributed by atoms with Crippen molar-refractivity contribution >= 4 is 25.4 Å². The Kier molecular flexibility index (Phi) is 1.70. The van der Waals surface area contributed by atoms with E-state index in [1.54, 1.807) is 6.07 Å². The first-order chi connectivity index (χ1) is 5.77. The molecular weight excluding hydrogens is 169 g/mol. The fourth-order valence-corrected chi connectivity index (χ4v) is 1.63. The van der Waals surface area contributed by atoms with Crippen LogP contribution in [0.25, 0.3) is 10.9 Å². The molecule has 1 aromatic carbocycles. The Labute approximate surface area is 71.8 Å². The summed E-state index contributed by atoms with van der Waals surface area (Å²) in [7, 11) is 2.56. The molecule has 12 heavy (non-hydrogen) atoms. The van der Waals surface area contributed by atoms with Crippen molar-refractivity contribution < 1.29 is 0 Å². The van der Waals surface area contributed by atoms with Gasteiger partial charge in [0.1, 0.15) is 0 Å². The SMILES string of the molecule is O=c1cc(P)c2ccccc2[nH]1. The molecule has 60 valence electrons. The predicted octanol–water partition coefficient (Wildman–Crippen LogP) is 1.03. The van der Waals surface area contributed by atoms with Gasteiger partial charge in [0.2, 0.25) is 5.56 Å². The van der Waals surface area contributed by atoms with Crippen LogP contribution in [0.5, 0.6) is 0 Å². The zero-order valence-electron chi connectivity index (χ0n) is 6.37. The van der Waals surface area contributed by atoms with Crippen molar-refractivity contribution in [2.75, 3.05) is 0 Å². The number of nitrogens with one attached hydrogen (secondary N) is 1. The molecule has 3 heteroatoms. The van der Waals surface area contributed by atoms with Crippen LogP contribution in [0.15, 0.2) is 35.1 Å². The topological polar surface area (TPSA) is 32.9 Å². The molecule has 0 aliphatic carbocycles. The fraction of sp³-hybridized carbons (Fsp3) is 0. The molecule has 1 unspecified atom stereocenters.